The Labute approximate surface area is 265 Å². The zero-order chi connectivity index (χ0) is 28.9. The molecule has 0 radical (unpaired) electrons. The first kappa shape index (κ1) is 28.3. The number of fused-ring (bicyclic) bond motifs is 3. The third-order valence-corrected chi connectivity index (χ3v) is 10.4. The topological polar surface area (TPSA) is 87.6 Å². The highest BCUT2D eigenvalue weighted by atomic mass is 35.5. The standard InChI is InChI=1S/C26H8Cl8N2O4/c27-14-10-11(15(28)19(32)18(14)31)24(38)9(23(10)37)7-5-4-6-2-1-3-8(22(6)35-7)36-25(39)12-13(26(36)40)17(30)21(34)20(33)16(12)29/h1-5,9,25,39H. The number of nitrogens with zero attached hydrogens (tertiary/aromatic N) is 2. The van der Waals surface area contributed by atoms with Gasteiger partial charge in [0.15, 0.2) is 17.8 Å². The van der Waals surface area contributed by atoms with E-state index in [1.807, 2.05) is 0 Å². The molecule has 6 nitrogen and oxygen atoms in total. The Hall–Kier alpha value is -1.84. The van der Waals surface area contributed by atoms with E-state index in [1.54, 1.807) is 18.2 Å². The molecule has 1 unspecified atom stereocenters. The van der Waals surface area contributed by atoms with Crippen molar-refractivity contribution in [3.05, 3.63) is 98.5 Å². The number of halogens is 8. The molecule has 40 heavy (non-hydrogen) atoms. The molecule has 14 heteroatoms. The average molecular weight is 696 g/mol. The Morgan fingerprint density at radius 1 is 0.650 bits per heavy atom. The fourth-order valence-electron chi connectivity index (χ4n) is 4.97. The minimum atomic E-state index is -1.60. The van der Waals surface area contributed by atoms with Gasteiger partial charge in [-0.15, -0.1) is 0 Å². The number of rotatable bonds is 2. The fraction of sp³-hybridized carbons (Fsp3) is 0.0769. The fourth-order valence-corrected chi connectivity index (χ4v) is 7.06. The van der Waals surface area contributed by atoms with Gasteiger partial charge in [0.1, 0.15) is 5.92 Å². The molecule has 4 aromatic rings. The molecule has 6 rings (SSSR count). The number of amides is 1. The lowest BCUT2D eigenvalue weighted by molar-refractivity contribution is 0.0884. The summed E-state index contributed by atoms with van der Waals surface area (Å²) in [5.74, 6) is -3.45. The number of aliphatic hydroxyl groups is 1. The van der Waals surface area contributed by atoms with Gasteiger partial charge in [0.05, 0.1) is 73.8 Å². The van der Waals surface area contributed by atoms with E-state index < -0.39 is 29.6 Å². The normalized spacial score (nSPS) is 16.9. The second-order valence-corrected chi connectivity index (χ2v) is 11.9. The van der Waals surface area contributed by atoms with Crippen molar-refractivity contribution in [2.75, 3.05) is 4.90 Å². The van der Waals surface area contributed by atoms with Crippen LogP contribution in [0.25, 0.3) is 10.9 Å². The minimum Gasteiger partial charge on any atom is -0.369 e. The van der Waals surface area contributed by atoms with Crippen LogP contribution in [0.1, 0.15) is 54.5 Å². The maximum Gasteiger partial charge on any atom is 0.262 e. The molecule has 2 aliphatic rings. The van der Waals surface area contributed by atoms with Crippen molar-refractivity contribution in [1.29, 1.82) is 0 Å². The van der Waals surface area contributed by atoms with Gasteiger partial charge in [-0.2, -0.15) is 0 Å². The molecule has 3 aromatic carbocycles. The molecule has 0 fully saturated rings. The van der Waals surface area contributed by atoms with Crippen molar-refractivity contribution < 1.29 is 19.5 Å². The van der Waals surface area contributed by atoms with Gasteiger partial charge >= 0.3 is 0 Å². The maximum atomic E-state index is 13.6. The third-order valence-electron chi connectivity index (χ3n) is 6.80. The molecule has 202 valence electrons. The quantitative estimate of drug-likeness (QED) is 0.128. The zero-order valence-electron chi connectivity index (χ0n) is 19.1. The lowest BCUT2D eigenvalue weighted by Gasteiger charge is -2.23. The monoisotopic (exact) mass is 692 g/mol. The van der Waals surface area contributed by atoms with Crippen LogP contribution in [-0.4, -0.2) is 27.6 Å². The summed E-state index contributed by atoms with van der Waals surface area (Å²) in [5.41, 5.74) is -0.0502. The Bertz CT molecular complexity index is 1850. The molecule has 0 saturated carbocycles. The van der Waals surface area contributed by atoms with Crippen molar-refractivity contribution in [3.63, 3.8) is 0 Å². The number of carbonyl (C=O) groups excluding carboxylic acids is 3. The highest BCUT2D eigenvalue weighted by Crippen LogP contribution is 2.51. The second-order valence-electron chi connectivity index (χ2n) is 8.85. The average Bonchev–Trinajstić information content (AvgIpc) is 3.35. The second kappa shape index (κ2) is 9.87. The van der Waals surface area contributed by atoms with Gasteiger partial charge < -0.3 is 5.11 Å². The number of hydrogen-bond donors (Lipinski definition) is 1. The molecule has 1 aliphatic heterocycles. The van der Waals surface area contributed by atoms with E-state index >= 15 is 0 Å². The number of anilines is 1. The van der Waals surface area contributed by atoms with E-state index in [9.17, 15) is 19.5 Å². The number of carbonyl (C=O) groups is 3. The van der Waals surface area contributed by atoms with Crippen molar-refractivity contribution in [2.24, 2.45) is 0 Å². The first-order valence-electron chi connectivity index (χ1n) is 11.1. The molecule has 1 aliphatic carbocycles. The van der Waals surface area contributed by atoms with Crippen LogP contribution < -0.4 is 4.90 Å². The van der Waals surface area contributed by atoms with Crippen LogP contribution in [-0.2, 0) is 0 Å². The summed E-state index contributed by atoms with van der Waals surface area (Å²) in [4.78, 5) is 46.1. The minimum absolute atomic E-state index is 0.0196. The molecule has 1 amide bonds. The first-order chi connectivity index (χ1) is 18.9. The molecular formula is C26H8Cl8N2O4. The smallest absolute Gasteiger partial charge is 0.262 e. The van der Waals surface area contributed by atoms with Crippen LogP contribution in [0.15, 0.2) is 30.3 Å². The third kappa shape index (κ3) is 3.75. The van der Waals surface area contributed by atoms with Gasteiger partial charge in [-0.1, -0.05) is 111 Å². The predicted molar refractivity (Wildman–Crippen MR) is 158 cm³/mol. The Balaban J connectivity index is 1.51. The molecule has 0 saturated heterocycles. The van der Waals surface area contributed by atoms with Crippen molar-refractivity contribution in [1.82, 2.24) is 4.98 Å². The first-order valence-corrected chi connectivity index (χ1v) is 14.1. The number of aromatic nitrogens is 1. The van der Waals surface area contributed by atoms with Gasteiger partial charge in [-0.05, 0) is 12.1 Å². The van der Waals surface area contributed by atoms with E-state index in [4.69, 9.17) is 92.8 Å². The number of Topliss-reactive ketones (excluding diaryl/α,β-unsaturated/α-hetero) is 2. The molecule has 0 spiro atoms. The summed E-state index contributed by atoms with van der Waals surface area (Å²) in [6, 6.07) is 7.97. The van der Waals surface area contributed by atoms with Gasteiger partial charge in [0, 0.05) is 10.9 Å². The zero-order valence-corrected chi connectivity index (χ0v) is 25.2. The summed E-state index contributed by atoms with van der Waals surface area (Å²) in [6.07, 6.45) is -1.60. The summed E-state index contributed by atoms with van der Waals surface area (Å²) in [6.45, 7) is 0. The summed E-state index contributed by atoms with van der Waals surface area (Å²) < 4.78 is 0. The predicted octanol–water partition coefficient (Wildman–Crippen LogP) is 9.28. The van der Waals surface area contributed by atoms with Crippen molar-refractivity contribution in [2.45, 2.75) is 12.1 Å². The highest BCUT2D eigenvalue weighted by Gasteiger charge is 2.46. The number of aliphatic hydroxyl groups excluding tert-OH is 1. The van der Waals surface area contributed by atoms with E-state index in [2.05, 4.69) is 4.98 Å². The van der Waals surface area contributed by atoms with Crippen LogP contribution >= 0.6 is 92.8 Å². The van der Waals surface area contributed by atoms with E-state index in [-0.39, 0.29) is 79.3 Å². The van der Waals surface area contributed by atoms with Crippen LogP contribution in [0, 0.1) is 0 Å². The molecule has 1 atom stereocenters. The van der Waals surface area contributed by atoms with E-state index in [0.717, 1.165) is 4.90 Å². The van der Waals surface area contributed by atoms with Crippen molar-refractivity contribution >= 4 is 127 Å². The molecule has 1 N–H and O–H groups in total. The van der Waals surface area contributed by atoms with Gasteiger partial charge in [0.2, 0.25) is 0 Å². The van der Waals surface area contributed by atoms with E-state index in [1.165, 1.54) is 12.1 Å². The van der Waals surface area contributed by atoms with Gasteiger partial charge in [-0.25, -0.2) is 4.98 Å². The molecular weight excluding hydrogens is 688 g/mol. The Morgan fingerprint density at radius 3 is 1.75 bits per heavy atom. The number of benzene rings is 3. The Kier molecular flexibility index (Phi) is 6.98. The van der Waals surface area contributed by atoms with Crippen molar-refractivity contribution in [3.8, 4) is 0 Å². The van der Waals surface area contributed by atoms with Crippen LogP contribution in [0.5, 0.6) is 0 Å². The number of hydrogen-bond acceptors (Lipinski definition) is 5. The summed E-state index contributed by atoms with van der Waals surface area (Å²) in [7, 11) is 0. The van der Waals surface area contributed by atoms with Crippen LogP contribution in [0.2, 0.25) is 40.2 Å². The van der Waals surface area contributed by atoms with Gasteiger partial charge in [-0.3, -0.25) is 19.3 Å². The largest absolute Gasteiger partial charge is 0.369 e. The van der Waals surface area contributed by atoms with Gasteiger partial charge in [0.25, 0.3) is 5.91 Å². The summed E-state index contributed by atoms with van der Waals surface area (Å²) >= 11 is 49.8. The lowest BCUT2D eigenvalue weighted by Crippen LogP contribution is -2.28. The van der Waals surface area contributed by atoms with E-state index in [0.29, 0.717) is 5.39 Å². The van der Waals surface area contributed by atoms with Crippen LogP contribution in [0.4, 0.5) is 5.69 Å². The molecule has 0 bridgehead atoms. The summed E-state index contributed by atoms with van der Waals surface area (Å²) in [5, 5.41) is 10.5. The molecule has 1 aromatic heterocycles. The number of para-hydroxylation sites is 1. The molecule has 2 heterocycles. The number of ketones is 2. The number of pyridine rings is 1. The maximum absolute atomic E-state index is 13.6. The highest BCUT2D eigenvalue weighted by molar-refractivity contribution is 6.56. The lowest BCUT2D eigenvalue weighted by atomic mass is 9.98. The van der Waals surface area contributed by atoms with Crippen LogP contribution in [0.3, 0.4) is 0 Å². The Morgan fingerprint density at radius 2 is 1.18 bits per heavy atom. The SMILES string of the molecule is O=C1c2c(Cl)c(Cl)c(Cl)c(Cl)c2C(=O)C1c1ccc2cccc(N3C(=O)c4c(Cl)c(Cl)c(Cl)c(Cl)c4C3O)c2n1.